The molecule has 3 N–H and O–H groups in total. The maximum absolute atomic E-state index is 13.0. The zero-order chi connectivity index (χ0) is 29.3. The molecule has 12 heteroatoms. The van der Waals surface area contributed by atoms with Crippen molar-refractivity contribution in [3.8, 4) is 11.3 Å². The fourth-order valence-corrected chi connectivity index (χ4v) is 5.38. The number of hydrogen-bond acceptors (Lipinski definition) is 7. The first-order valence-electron chi connectivity index (χ1n) is 13.4. The lowest BCUT2D eigenvalue weighted by Gasteiger charge is -2.32. The molecule has 1 atom stereocenters. The number of nitrogens with one attached hydrogen (secondary N) is 1. The number of nitrogens with two attached hydrogens (primary N) is 1. The van der Waals surface area contributed by atoms with Crippen LogP contribution in [0.25, 0.3) is 16.8 Å². The Morgan fingerprint density at radius 1 is 1.02 bits per heavy atom. The minimum Gasteiger partial charge on any atom is -0.382 e. The summed E-state index contributed by atoms with van der Waals surface area (Å²) in [4.78, 5) is 32.5. The summed E-state index contributed by atoms with van der Waals surface area (Å²) in [5.74, 6) is 0.641. The van der Waals surface area contributed by atoms with Crippen molar-refractivity contribution in [2.45, 2.75) is 31.5 Å². The van der Waals surface area contributed by atoms with Crippen molar-refractivity contribution < 1.29 is 18.0 Å². The van der Waals surface area contributed by atoms with Crippen molar-refractivity contribution in [2.75, 3.05) is 24.1 Å². The lowest BCUT2D eigenvalue weighted by molar-refractivity contribution is -0.137. The van der Waals surface area contributed by atoms with Gasteiger partial charge < -0.3 is 11.1 Å². The molecular formula is C30H27F3N8O. The van der Waals surface area contributed by atoms with E-state index in [2.05, 4.69) is 25.2 Å². The van der Waals surface area contributed by atoms with Gasteiger partial charge in [-0.25, -0.2) is 15.0 Å². The molecule has 6 rings (SSSR count). The number of rotatable bonds is 6. The van der Waals surface area contributed by atoms with Crippen LogP contribution in [0.4, 0.5) is 24.8 Å². The van der Waals surface area contributed by atoms with Gasteiger partial charge in [-0.15, -0.1) is 0 Å². The Labute approximate surface area is 239 Å². The Balaban J connectivity index is 1.25. The molecule has 9 nitrogen and oxygen atoms in total. The van der Waals surface area contributed by atoms with Crippen LogP contribution >= 0.6 is 0 Å². The van der Waals surface area contributed by atoms with Crippen molar-refractivity contribution in [3.05, 3.63) is 102 Å². The molecule has 214 valence electrons. The molecule has 1 amide bonds. The second kappa shape index (κ2) is 11.2. The first kappa shape index (κ1) is 27.3. The average molecular weight is 573 g/mol. The molecule has 0 saturated carbocycles. The Kier molecular flexibility index (Phi) is 7.29. The van der Waals surface area contributed by atoms with E-state index in [1.54, 1.807) is 42.9 Å². The number of aromatic nitrogens is 5. The van der Waals surface area contributed by atoms with Crippen molar-refractivity contribution in [2.24, 2.45) is 0 Å². The van der Waals surface area contributed by atoms with Crippen LogP contribution in [0.1, 0.15) is 46.1 Å². The van der Waals surface area contributed by atoms with Crippen LogP contribution in [-0.2, 0) is 12.7 Å². The summed E-state index contributed by atoms with van der Waals surface area (Å²) in [5, 5.41) is 2.43. The molecule has 1 fully saturated rings. The van der Waals surface area contributed by atoms with Gasteiger partial charge in [0.15, 0.2) is 0 Å². The van der Waals surface area contributed by atoms with E-state index < -0.39 is 17.6 Å². The van der Waals surface area contributed by atoms with E-state index in [0.717, 1.165) is 62.2 Å². The standard InChI is InChI=1S/C30H27F3N8O/c31-30(32,33)23-9-12-36-24(16-23)38-29(42)21-5-3-20(4-6-21)25-26-27(34)37-13-15-41(26)28(39-25)22-2-1-14-40(18-22)17-19-7-10-35-11-8-19/h3-13,15-16,22H,1-2,14,17-18H2,(H2,34,37)(H,36,38,42)/t22-/m1/s1. The van der Waals surface area contributed by atoms with Crippen LogP contribution in [0.3, 0.4) is 0 Å². The van der Waals surface area contributed by atoms with Gasteiger partial charge in [-0.3, -0.25) is 19.1 Å². The predicted octanol–water partition coefficient (Wildman–Crippen LogP) is 5.42. The van der Waals surface area contributed by atoms with E-state index in [1.807, 2.05) is 22.7 Å². The third kappa shape index (κ3) is 5.66. The lowest BCUT2D eigenvalue weighted by atomic mass is 9.97. The molecule has 1 aliphatic rings. The maximum atomic E-state index is 13.0. The van der Waals surface area contributed by atoms with Gasteiger partial charge in [0.25, 0.3) is 5.91 Å². The highest BCUT2D eigenvalue weighted by Crippen LogP contribution is 2.34. The summed E-state index contributed by atoms with van der Waals surface area (Å²) in [6.45, 7) is 2.67. The Morgan fingerprint density at radius 2 is 1.81 bits per heavy atom. The van der Waals surface area contributed by atoms with Crippen molar-refractivity contribution in [1.29, 1.82) is 0 Å². The summed E-state index contributed by atoms with van der Waals surface area (Å²) >= 11 is 0. The summed E-state index contributed by atoms with van der Waals surface area (Å²) in [5.41, 5.74) is 8.97. The molecule has 5 aromatic rings. The smallest absolute Gasteiger partial charge is 0.382 e. The summed E-state index contributed by atoms with van der Waals surface area (Å²) in [6, 6.07) is 12.4. The summed E-state index contributed by atoms with van der Waals surface area (Å²) in [7, 11) is 0. The van der Waals surface area contributed by atoms with Crippen LogP contribution < -0.4 is 11.1 Å². The summed E-state index contributed by atoms with van der Waals surface area (Å²) < 4.78 is 41.1. The first-order chi connectivity index (χ1) is 20.3. The summed E-state index contributed by atoms with van der Waals surface area (Å²) in [6.07, 6.45) is 5.61. The van der Waals surface area contributed by atoms with Gasteiger partial charge >= 0.3 is 6.18 Å². The third-order valence-electron chi connectivity index (χ3n) is 7.39. The van der Waals surface area contributed by atoms with Gasteiger partial charge in [0, 0.05) is 61.1 Å². The number of fused-ring (bicyclic) bond motifs is 1. The van der Waals surface area contributed by atoms with Gasteiger partial charge in [0.2, 0.25) is 0 Å². The minimum absolute atomic E-state index is 0.175. The Bertz CT molecular complexity index is 1720. The number of hydrogen-bond donors (Lipinski definition) is 2. The molecule has 42 heavy (non-hydrogen) atoms. The van der Waals surface area contributed by atoms with E-state index in [-0.39, 0.29) is 17.3 Å². The van der Waals surface area contributed by atoms with E-state index in [9.17, 15) is 18.0 Å². The van der Waals surface area contributed by atoms with Gasteiger partial charge in [0.1, 0.15) is 28.7 Å². The highest BCUT2D eigenvalue weighted by molar-refractivity contribution is 6.04. The maximum Gasteiger partial charge on any atom is 0.416 e. The molecule has 5 heterocycles. The highest BCUT2D eigenvalue weighted by Gasteiger charge is 2.31. The topological polar surface area (TPSA) is 114 Å². The van der Waals surface area contributed by atoms with Crippen LogP contribution in [0.2, 0.25) is 0 Å². The van der Waals surface area contributed by atoms with E-state index >= 15 is 0 Å². The lowest BCUT2D eigenvalue weighted by Crippen LogP contribution is -2.34. The number of carbonyl (C=O) groups excluding carboxylic acids is 1. The molecule has 0 bridgehead atoms. The molecule has 1 saturated heterocycles. The molecule has 0 radical (unpaired) electrons. The number of nitrogens with zero attached hydrogens (tertiary/aromatic N) is 6. The number of piperidine rings is 1. The van der Waals surface area contributed by atoms with Crippen LogP contribution in [0, 0.1) is 0 Å². The van der Waals surface area contributed by atoms with Gasteiger partial charge in [-0.2, -0.15) is 13.2 Å². The first-order valence-corrected chi connectivity index (χ1v) is 13.4. The number of likely N-dealkylation sites (tertiary alicyclic amines) is 1. The minimum atomic E-state index is -4.54. The number of anilines is 2. The van der Waals surface area contributed by atoms with Crippen LogP contribution in [-0.4, -0.2) is 48.2 Å². The number of alkyl halides is 3. The number of halogens is 3. The van der Waals surface area contributed by atoms with Crippen molar-refractivity contribution >= 4 is 23.1 Å². The van der Waals surface area contributed by atoms with Crippen LogP contribution in [0.15, 0.2) is 79.5 Å². The number of imidazole rings is 1. The molecule has 1 aliphatic heterocycles. The van der Waals surface area contributed by atoms with Gasteiger partial charge in [0.05, 0.1) is 5.56 Å². The molecule has 0 unspecified atom stereocenters. The van der Waals surface area contributed by atoms with E-state index in [1.165, 1.54) is 5.56 Å². The quantitative estimate of drug-likeness (QED) is 0.279. The Morgan fingerprint density at radius 3 is 2.57 bits per heavy atom. The number of carbonyl (C=O) groups is 1. The second-order valence-corrected chi connectivity index (χ2v) is 10.2. The molecular weight excluding hydrogens is 545 g/mol. The zero-order valence-electron chi connectivity index (χ0n) is 22.4. The van der Waals surface area contributed by atoms with Crippen LogP contribution in [0.5, 0.6) is 0 Å². The Hall–Kier alpha value is -4.84. The highest BCUT2D eigenvalue weighted by atomic mass is 19.4. The third-order valence-corrected chi connectivity index (χ3v) is 7.39. The van der Waals surface area contributed by atoms with Crippen molar-refractivity contribution in [3.63, 3.8) is 0 Å². The zero-order valence-corrected chi connectivity index (χ0v) is 22.4. The molecule has 4 aromatic heterocycles. The second-order valence-electron chi connectivity index (χ2n) is 10.2. The molecule has 1 aromatic carbocycles. The predicted molar refractivity (Wildman–Crippen MR) is 152 cm³/mol. The number of benzene rings is 1. The normalized spacial score (nSPS) is 16.0. The number of pyridine rings is 2. The van der Waals surface area contributed by atoms with Crippen molar-refractivity contribution in [1.82, 2.24) is 29.2 Å². The fraction of sp³-hybridized carbons (Fsp3) is 0.233. The van der Waals surface area contributed by atoms with Gasteiger partial charge in [-0.1, -0.05) is 12.1 Å². The number of nitrogen functional groups attached to an aromatic ring is 1. The molecule has 0 spiro atoms. The number of amides is 1. The van der Waals surface area contributed by atoms with Gasteiger partial charge in [-0.05, 0) is 61.3 Å². The SMILES string of the molecule is Nc1nccn2c([C@@H]3CCCN(Cc4ccncc4)C3)nc(-c3ccc(C(=O)Nc4cc(C(F)(F)F)ccn4)cc3)c12. The van der Waals surface area contributed by atoms with E-state index in [4.69, 9.17) is 10.7 Å². The fourth-order valence-electron chi connectivity index (χ4n) is 5.38. The average Bonchev–Trinajstić information content (AvgIpc) is 3.39. The largest absolute Gasteiger partial charge is 0.416 e. The van der Waals surface area contributed by atoms with E-state index in [0.29, 0.717) is 17.0 Å². The monoisotopic (exact) mass is 572 g/mol. The molecule has 0 aliphatic carbocycles.